The highest BCUT2D eigenvalue weighted by Crippen LogP contribution is 2.23. The van der Waals surface area contributed by atoms with E-state index in [-0.39, 0.29) is 17.0 Å². The van der Waals surface area contributed by atoms with Gasteiger partial charge in [0.1, 0.15) is 11.6 Å². The van der Waals surface area contributed by atoms with Crippen molar-refractivity contribution in [1.82, 2.24) is 0 Å². The Morgan fingerprint density at radius 1 is 1.09 bits per heavy atom. The minimum atomic E-state index is -1.09. The van der Waals surface area contributed by atoms with E-state index in [1.54, 1.807) is 18.2 Å². The van der Waals surface area contributed by atoms with Gasteiger partial charge in [-0.1, -0.05) is 12.1 Å². The van der Waals surface area contributed by atoms with Gasteiger partial charge in [0.25, 0.3) is 0 Å². The van der Waals surface area contributed by atoms with Crippen LogP contribution in [0.4, 0.5) is 14.5 Å². The number of carboxylic acids is 1. The van der Waals surface area contributed by atoms with Crippen molar-refractivity contribution >= 4 is 29.3 Å². The van der Waals surface area contributed by atoms with Crippen LogP contribution in [0.15, 0.2) is 47.4 Å². The van der Waals surface area contributed by atoms with Gasteiger partial charge in [-0.15, -0.1) is 11.8 Å². The Labute approximate surface area is 129 Å². The molecule has 2 aromatic carbocycles. The van der Waals surface area contributed by atoms with E-state index < -0.39 is 23.5 Å². The van der Waals surface area contributed by atoms with Crippen molar-refractivity contribution in [2.45, 2.75) is 4.90 Å². The lowest BCUT2D eigenvalue weighted by Gasteiger charge is -2.07. The standard InChI is InChI=1S/C15H11F2NO3S/c16-9-5-10(17)7-11(6-9)18-14(19)8-22-13-4-2-1-3-12(13)15(20)21/h1-7H,8H2,(H,18,19)(H,20,21). The normalized spacial score (nSPS) is 10.3. The molecule has 0 aromatic heterocycles. The average Bonchev–Trinajstić information content (AvgIpc) is 2.44. The molecule has 114 valence electrons. The number of rotatable bonds is 5. The highest BCUT2D eigenvalue weighted by Gasteiger charge is 2.12. The monoisotopic (exact) mass is 323 g/mol. The Morgan fingerprint density at radius 3 is 2.36 bits per heavy atom. The lowest BCUT2D eigenvalue weighted by Crippen LogP contribution is -2.14. The van der Waals surface area contributed by atoms with Crippen molar-refractivity contribution in [3.8, 4) is 0 Å². The first-order valence-corrected chi connectivity index (χ1v) is 7.15. The molecule has 7 heteroatoms. The SMILES string of the molecule is O=C(CSc1ccccc1C(=O)O)Nc1cc(F)cc(F)c1. The second-order valence-electron chi connectivity index (χ2n) is 4.30. The minimum Gasteiger partial charge on any atom is -0.478 e. The van der Waals surface area contributed by atoms with Crippen LogP contribution >= 0.6 is 11.8 Å². The zero-order valence-corrected chi connectivity index (χ0v) is 12.0. The van der Waals surface area contributed by atoms with E-state index in [9.17, 15) is 18.4 Å². The Kier molecular flexibility index (Phi) is 5.11. The Bertz CT molecular complexity index is 701. The summed E-state index contributed by atoms with van der Waals surface area (Å²) < 4.78 is 26.0. The number of hydrogen-bond acceptors (Lipinski definition) is 3. The van der Waals surface area contributed by atoms with Crippen LogP contribution in [-0.4, -0.2) is 22.7 Å². The molecule has 4 nitrogen and oxygen atoms in total. The molecule has 0 aliphatic carbocycles. The smallest absolute Gasteiger partial charge is 0.336 e. The van der Waals surface area contributed by atoms with Crippen LogP contribution in [0.3, 0.4) is 0 Å². The van der Waals surface area contributed by atoms with E-state index in [2.05, 4.69) is 5.32 Å². The van der Waals surface area contributed by atoms with Crippen LogP contribution in [0.2, 0.25) is 0 Å². The van der Waals surface area contributed by atoms with E-state index in [0.29, 0.717) is 11.0 Å². The van der Waals surface area contributed by atoms with Crippen molar-refractivity contribution < 1.29 is 23.5 Å². The molecule has 0 fully saturated rings. The van der Waals surface area contributed by atoms with Crippen molar-refractivity contribution in [2.24, 2.45) is 0 Å². The van der Waals surface area contributed by atoms with Crippen molar-refractivity contribution in [3.63, 3.8) is 0 Å². The van der Waals surface area contributed by atoms with E-state index in [4.69, 9.17) is 5.11 Å². The molecular weight excluding hydrogens is 312 g/mol. The molecule has 0 atom stereocenters. The van der Waals surface area contributed by atoms with E-state index in [1.165, 1.54) is 6.07 Å². The first-order chi connectivity index (χ1) is 10.5. The zero-order valence-electron chi connectivity index (χ0n) is 11.2. The predicted molar refractivity (Wildman–Crippen MR) is 79.1 cm³/mol. The summed E-state index contributed by atoms with van der Waals surface area (Å²) in [5.41, 5.74) is 0.103. The molecule has 0 saturated carbocycles. The van der Waals surface area contributed by atoms with Gasteiger partial charge in [0.2, 0.25) is 5.91 Å². The van der Waals surface area contributed by atoms with E-state index >= 15 is 0 Å². The lowest BCUT2D eigenvalue weighted by molar-refractivity contribution is -0.113. The third kappa shape index (κ3) is 4.29. The number of anilines is 1. The molecule has 0 radical (unpaired) electrons. The van der Waals surface area contributed by atoms with Gasteiger partial charge < -0.3 is 10.4 Å². The highest BCUT2D eigenvalue weighted by molar-refractivity contribution is 8.00. The van der Waals surface area contributed by atoms with Crippen molar-refractivity contribution in [3.05, 3.63) is 59.7 Å². The molecular formula is C15H11F2NO3S. The van der Waals surface area contributed by atoms with Gasteiger partial charge in [-0.25, -0.2) is 13.6 Å². The van der Waals surface area contributed by atoms with Gasteiger partial charge >= 0.3 is 5.97 Å². The fourth-order valence-electron chi connectivity index (χ4n) is 1.74. The second kappa shape index (κ2) is 7.04. The Hall–Kier alpha value is -2.41. The molecule has 2 aromatic rings. The molecule has 0 bridgehead atoms. The van der Waals surface area contributed by atoms with Crippen molar-refractivity contribution in [2.75, 3.05) is 11.1 Å². The van der Waals surface area contributed by atoms with Crippen LogP contribution in [0.25, 0.3) is 0 Å². The molecule has 0 aliphatic heterocycles. The number of carbonyl (C=O) groups is 2. The fourth-order valence-corrected chi connectivity index (χ4v) is 2.58. The largest absolute Gasteiger partial charge is 0.478 e. The van der Waals surface area contributed by atoms with Crippen LogP contribution in [0.5, 0.6) is 0 Å². The summed E-state index contributed by atoms with van der Waals surface area (Å²) in [4.78, 5) is 23.2. The molecule has 0 aliphatic rings. The number of halogens is 2. The summed E-state index contributed by atoms with van der Waals surface area (Å²) >= 11 is 1.03. The van der Waals surface area contributed by atoms with E-state index in [0.717, 1.165) is 23.9 Å². The number of nitrogens with one attached hydrogen (secondary N) is 1. The van der Waals surface area contributed by atoms with E-state index in [1.807, 2.05) is 0 Å². The average molecular weight is 323 g/mol. The molecule has 0 heterocycles. The van der Waals surface area contributed by atoms with Gasteiger partial charge in [-0.2, -0.15) is 0 Å². The van der Waals surface area contributed by atoms with Crippen LogP contribution in [0.1, 0.15) is 10.4 Å². The van der Waals surface area contributed by atoms with Crippen molar-refractivity contribution in [1.29, 1.82) is 0 Å². The van der Waals surface area contributed by atoms with Crippen LogP contribution in [-0.2, 0) is 4.79 Å². The van der Waals surface area contributed by atoms with Gasteiger partial charge in [0.05, 0.1) is 11.3 Å². The summed E-state index contributed by atoms with van der Waals surface area (Å²) in [6.45, 7) is 0. The first kappa shape index (κ1) is 16.0. The lowest BCUT2D eigenvalue weighted by atomic mass is 10.2. The van der Waals surface area contributed by atoms with Crippen LogP contribution in [0, 0.1) is 11.6 Å². The Morgan fingerprint density at radius 2 is 1.73 bits per heavy atom. The Balaban J connectivity index is 2.00. The highest BCUT2D eigenvalue weighted by atomic mass is 32.2. The maximum atomic E-state index is 13.0. The number of amides is 1. The van der Waals surface area contributed by atoms with Gasteiger partial charge in [-0.05, 0) is 24.3 Å². The zero-order chi connectivity index (χ0) is 16.1. The quantitative estimate of drug-likeness (QED) is 0.828. The predicted octanol–water partition coefficient (Wildman–Crippen LogP) is 3.39. The minimum absolute atomic E-state index is 0.00891. The number of carbonyl (C=O) groups excluding carboxylic acids is 1. The number of aromatic carboxylic acids is 1. The fraction of sp³-hybridized carbons (Fsp3) is 0.0667. The third-order valence-electron chi connectivity index (χ3n) is 2.62. The molecule has 0 saturated heterocycles. The summed E-state index contributed by atoms with van der Waals surface area (Å²) in [6.07, 6.45) is 0. The number of carboxylic acid groups (broad SMARTS) is 1. The summed E-state index contributed by atoms with van der Waals surface area (Å²) in [5.74, 6) is -3.24. The summed E-state index contributed by atoms with van der Waals surface area (Å²) in [6, 6.07) is 8.96. The van der Waals surface area contributed by atoms with Gasteiger partial charge in [0, 0.05) is 16.6 Å². The molecule has 22 heavy (non-hydrogen) atoms. The molecule has 2 N–H and O–H groups in total. The molecule has 0 spiro atoms. The van der Waals surface area contributed by atoms with Gasteiger partial charge in [0.15, 0.2) is 0 Å². The topological polar surface area (TPSA) is 66.4 Å². The number of hydrogen-bond donors (Lipinski definition) is 2. The maximum absolute atomic E-state index is 13.0. The summed E-state index contributed by atoms with van der Waals surface area (Å²) in [5, 5.41) is 11.4. The third-order valence-corrected chi connectivity index (χ3v) is 3.70. The van der Waals surface area contributed by atoms with Crippen LogP contribution < -0.4 is 5.32 Å². The maximum Gasteiger partial charge on any atom is 0.336 e. The summed E-state index contributed by atoms with van der Waals surface area (Å²) in [7, 11) is 0. The molecule has 2 rings (SSSR count). The van der Waals surface area contributed by atoms with Gasteiger partial charge in [-0.3, -0.25) is 4.79 Å². The first-order valence-electron chi connectivity index (χ1n) is 6.17. The number of thioether (sulfide) groups is 1. The molecule has 0 unspecified atom stereocenters. The number of benzene rings is 2. The second-order valence-corrected chi connectivity index (χ2v) is 5.31. The molecule has 1 amide bonds.